The first-order chi connectivity index (χ1) is 16.8. The van der Waals surface area contributed by atoms with Crippen LogP contribution in [-0.4, -0.2) is 48.4 Å². The van der Waals surface area contributed by atoms with Gasteiger partial charge >= 0.3 is 5.97 Å². The number of fused-ring (bicyclic) bond motifs is 1. The van der Waals surface area contributed by atoms with Gasteiger partial charge in [0.25, 0.3) is 11.8 Å². The number of nitrogens with zero attached hydrogens (tertiary/aromatic N) is 2. The van der Waals surface area contributed by atoms with Gasteiger partial charge in [0.05, 0.1) is 16.8 Å². The molecule has 0 saturated heterocycles. The lowest BCUT2D eigenvalue weighted by molar-refractivity contribution is -0.119. The Morgan fingerprint density at radius 2 is 1.63 bits per heavy atom. The molecule has 8 heteroatoms. The summed E-state index contributed by atoms with van der Waals surface area (Å²) in [5, 5.41) is 3.21. The molecule has 0 bridgehead atoms. The van der Waals surface area contributed by atoms with Gasteiger partial charge in [0.15, 0.2) is 6.61 Å². The van der Waals surface area contributed by atoms with Crippen molar-refractivity contribution in [2.45, 2.75) is 0 Å². The third-order valence-corrected chi connectivity index (χ3v) is 5.23. The quantitative estimate of drug-likeness (QED) is 0.417. The third kappa shape index (κ3) is 5.50. The van der Waals surface area contributed by atoms with Gasteiger partial charge in [-0.3, -0.25) is 9.59 Å². The first-order valence-corrected chi connectivity index (χ1v) is 10.8. The number of para-hydroxylation sites is 1. The number of aromatic nitrogens is 1. The minimum atomic E-state index is -0.686. The van der Waals surface area contributed by atoms with Gasteiger partial charge in [-0.25, -0.2) is 14.2 Å². The Labute approximate surface area is 201 Å². The number of ether oxygens (including phenoxy) is 1. The molecule has 0 fully saturated rings. The van der Waals surface area contributed by atoms with Crippen molar-refractivity contribution in [2.75, 3.05) is 26.0 Å². The van der Waals surface area contributed by atoms with Crippen molar-refractivity contribution >= 4 is 34.4 Å². The van der Waals surface area contributed by atoms with E-state index in [1.807, 2.05) is 0 Å². The maximum atomic E-state index is 13.3. The number of amides is 2. The highest BCUT2D eigenvalue weighted by Crippen LogP contribution is 2.25. The van der Waals surface area contributed by atoms with E-state index in [9.17, 15) is 18.8 Å². The molecule has 3 aromatic carbocycles. The van der Waals surface area contributed by atoms with Crippen LogP contribution >= 0.6 is 0 Å². The highest BCUT2D eigenvalue weighted by molar-refractivity contribution is 6.05. The second-order valence-corrected chi connectivity index (χ2v) is 7.98. The van der Waals surface area contributed by atoms with E-state index >= 15 is 0 Å². The molecule has 0 aliphatic carbocycles. The van der Waals surface area contributed by atoms with Crippen molar-refractivity contribution in [1.29, 1.82) is 0 Å². The molecule has 2 amide bonds. The maximum Gasteiger partial charge on any atom is 0.339 e. The number of esters is 1. The summed E-state index contributed by atoms with van der Waals surface area (Å²) in [6.45, 7) is -0.500. The van der Waals surface area contributed by atoms with E-state index in [4.69, 9.17) is 4.74 Å². The smallest absolute Gasteiger partial charge is 0.339 e. The molecule has 0 aliphatic heterocycles. The number of carbonyl (C=O) groups is 3. The van der Waals surface area contributed by atoms with Gasteiger partial charge in [-0.2, -0.15) is 0 Å². The number of anilines is 1. The Morgan fingerprint density at radius 3 is 2.31 bits per heavy atom. The highest BCUT2D eigenvalue weighted by Gasteiger charge is 2.17. The molecule has 0 spiro atoms. The number of hydrogen-bond donors (Lipinski definition) is 1. The molecule has 4 aromatic rings. The molecule has 1 heterocycles. The summed E-state index contributed by atoms with van der Waals surface area (Å²) >= 11 is 0. The van der Waals surface area contributed by atoms with E-state index in [1.165, 1.54) is 17.0 Å². The van der Waals surface area contributed by atoms with Crippen LogP contribution in [0, 0.1) is 5.82 Å². The molecule has 176 valence electrons. The van der Waals surface area contributed by atoms with E-state index in [0.717, 1.165) is 0 Å². The normalized spacial score (nSPS) is 10.6. The number of hydrogen-bond acceptors (Lipinski definition) is 5. The molecule has 7 nitrogen and oxygen atoms in total. The van der Waals surface area contributed by atoms with Crippen molar-refractivity contribution in [1.82, 2.24) is 9.88 Å². The molecular weight excluding hydrogens is 449 g/mol. The van der Waals surface area contributed by atoms with Gasteiger partial charge in [-0.1, -0.05) is 18.2 Å². The van der Waals surface area contributed by atoms with Crippen LogP contribution in [0.5, 0.6) is 0 Å². The first kappa shape index (κ1) is 23.6. The van der Waals surface area contributed by atoms with E-state index in [1.54, 1.807) is 80.8 Å². The molecule has 35 heavy (non-hydrogen) atoms. The molecule has 0 radical (unpaired) electrons. The van der Waals surface area contributed by atoms with Gasteiger partial charge in [0.1, 0.15) is 5.82 Å². The summed E-state index contributed by atoms with van der Waals surface area (Å²) in [5.41, 5.74) is 2.88. The average molecular weight is 471 g/mol. The van der Waals surface area contributed by atoms with Crippen molar-refractivity contribution in [3.8, 4) is 11.3 Å². The second-order valence-electron chi connectivity index (χ2n) is 7.98. The predicted molar refractivity (Wildman–Crippen MR) is 131 cm³/mol. The summed E-state index contributed by atoms with van der Waals surface area (Å²) in [6.07, 6.45) is 0. The monoisotopic (exact) mass is 471 g/mol. The largest absolute Gasteiger partial charge is 0.452 e. The average Bonchev–Trinajstić information content (AvgIpc) is 2.87. The Kier molecular flexibility index (Phi) is 6.82. The van der Waals surface area contributed by atoms with E-state index in [2.05, 4.69) is 10.3 Å². The molecule has 0 aliphatic rings. The molecule has 1 aromatic heterocycles. The van der Waals surface area contributed by atoms with Crippen molar-refractivity contribution in [3.05, 3.63) is 95.8 Å². The Balaban J connectivity index is 1.48. The predicted octanol–water partition coefficient (Wildman–Crippen LogP) is 4.54. The van der Waals surface area contributed by atoms with E-state index in [-0.39, 0.29) is 17.3 Å². The second kappa shape index (κ2) is 10.1. The van der Waals surface area contributed by atoms with Gasteiger partial charge in [0, 0.05) is 36.3 Å². The van der Waals surface area contributed by atoms with Gasteiger partial charge < -0.3 is 15.0 Å². The summed E-state index contributed by atoms with van der Waals surface area (Å²) in [5.74, 6) is -1.74. The van der Waals surface area contributed by atoms with Crippen LogP contribution in [0.4, 0.5) is 10.1 Å². The highest BCUT2D eigenvalue weighted by atomic mass is 19.1. The molecule has 4 rings (SSSR count). The molecular formula is C27H22FN3O4. The van der Waals surface area contributed by atoms with Crippen molar-refractivity contribution < 1.29 is 23.5 Å². The van der Waals surface area contributed by atoms with Crippen molar-refractivity contribution in [2.24, 2.45) is 0 Å². The zero-order valence-electron chi connectivity index (χ0n) is 19.1. The standard InChI is InChI=1S/C27H22FN3O4/c1-31(2)26(33)18-9-13-20(14-10-18)29-25(32)16-35-27(34)22-15-24(17-7-11-19(28)12-8-17)30-23-6-4-3-5-21(22)23/h3-15H,16H2,1-2H3,(H,29,32). The van der Waals surface area contributed by atoms with E-state index < -0.39 is 18.5 Å². The fourth-order valence-electron chi connectivity index (χ4n) is 3.47. The van der Waals surface area contributed by atoms with E-state index in [0.29, 0.717) is 33.4 Å². The van der Waals surface area contributed by atoms with Crippen LogP contribution in [-0.2, 0) is 9.53 Å². The SMILES string of the molecule is CN(C)C(=O)c1ccc(NC(=O)COC(=O)c2cc(-c3ccc(F)cc3)nc3ccccc23)cc1. The third-order valence-electron chi connectivity index (χ3n) is 5.23. The first-order valence-electron chi connectivity index (χ1n) is 10.8. The number of carbonyl (C=O) groups excluding carboxylic acids is 3. The number of nitrogens with one attached hydrogen (secondary N) is 1. The lowest BCUT2D eigenvalue weighted by atomic mass is 10.0. The molecule has 0 atom stereocenters. The number of pyridine rings is 1. The zero-order chi connectivity index (χ0) is 24.9. The molecule has 0 saturated carbocycles. The van der Waals surface area contributed by atoms with Crippen molar-refractivity contribution in [3.63, 3.8) is 0 Å². The van der Waals surface area contributed by atoms with Gasteiger partial charge in [-0.05, 0) is 60.7 Å². The van der Waals surface area contributed by atoms with Crippen LogP contribution in [0.3, 0.4) is 0 Å². The van der Waals surface area contributed by atoms with Crippen LogP contribution < -0.4 is 5.32 Å². The van der Waals surface area contributed by atoms with Gasteiger partial charge in [-0.15, -0.1) is 0 Å². The van der Waals surface area contributed by atoms with Gasteiger partial charge in [0.2, 0.25) is 0 Å². The number of halogens is 1. The zero-order valence-corrected chi connectivity index (χ0v) is 19.1. The Morgan fingerprint density at radius 1 is 0.943 bits per heavy atom. The maximum absolute atomic E-state index is 13.3. The summed E-state index contributed by atoms with van der Waals surface area (Å²) in [7, 11) is 3.31. The Hall–Kier alpha value is -4.59. The fourth-order valence-corrected chi connectivity index (χ4v) is 3.47. The minimum Gasteiger partial charge on any atom is -0.452 e. The minimum absolute atomic E-state index is 0.151. The summed E-state index contributed by atoms with van der Waals surface area (Å²) < 4.78 is 18.6. The summed E-state index contributed by atoms with van der Waals surface area (Å²) in [4.78, 5) is 43.2. The Bertz CT molecular complexity index is 1400. The van der Waals surface area contributed by atoms with Crippen LogP contribution in [0.25, 0.3) is 22.2 Å². The molecule has 1 N–H and O–H groups in total. The number of benzene rings is 3. The lowest BCUT2D eigenvalue weighted by Crippen LogP contribution is -2.22. The number of rotatable bonds is 6. The van der Waals surface area contributed by atoms with Crippen LogP contribution in [0.1, 0.15) is 20.7 Å². The molecule has 0 unspecified atom stereocenters. The topological polar surface area (TPSA) is 88.6 Å². The summed E-state index contributed by atoms with van der Waals surface area (Å²) in [6, 6.07) is 20.8. The van der Waals surface area contributed by atoms with Crippen LogP contribution in [0.15, 0.2) is 78.9 Å². The fraction of sp³-hybridized carbons (Fsp3) is 0.111. The van der Waals surface area contributed by atoms with Crippen LogP contribution in [0.2, 0.25) is 0 Å². The lowest BCUT2D eigenvalue weighted by Gasteiger charge is -2.12.